The van der Waals surface area contributed by atoms with E-state index in [9.17, 15) is 13.6 Å². The Labute approximate surface area is 121 Å². The van der Waals surface area contributed by atoms with Crippen LogP contribution in [0.5, 0.6) is 0 Å². The monoisotopic (exact) mass is 383 g/mol. The SMILES string of the molecule is CCC(Br)CCNC(=O)c1c(F)cc(Br)cc1F. The second-order valence-electron chi connectivity index (χ2n) is 3.79. The molecule has 1 amide bonds. The van der Waals surface area contributed by atoms with Gasteiger partial charge in [0, 0.05) is 15.8 Å². The standard InChI is InChI=1S/C12H13Br2F2NO/c1-2-7(13)3-4-17-12(18)11-9(15)5-8(14)6-10(11)16/h5-7H,2-4H2,1H3,(H,17,18). The van der Waals surface area contributed by atoms with Gasteiger partial charge in [-0.05, 0) is 25.0 Å². The summed E-state index contributed by atoms with van der Waals surface area (Å²) < 4.78 is 27.2. The van der Waals surface area contributed by atoms with E-state index in [-0.39, 0.29) is 9.30 Å². The molecular formula is C12H13Br2F2NO. The van der Waals surface area contributed by atoms with E-state index in [2.05, 4.69) is 37.2 Å². The highest BCUT2D eigenvalue weighted by molar-refractivity contribution is 9.10. The number of nitrogens with one attached hydrogen (secondary N) is 1. The second kappa shape index (κ2) is 7.19. The van der Waals surface area contributed by atoms with Crippen molar-refractivity contribution in [1.29, 1.82) is 0 Å². The van der Waals surface area contributed by atoms with Gasteiger partial charge in [-0.25, -0.2) is 8.78 Å². The quantitative estimate of drug-likeness (QED) is 0.763. The van der Waals surface area contributed by atoms with E-state index >= 15 is 0 Å². The van der Waals surface area contributed by atoms with Gasteiger partial charge in [-0.2, -0.15) is 0 Å². The Morgan fingerprint density at radius 2 is 1.94 bits per heavy atom. The van der Waals surface area contributed by atoms with Crippen LogP contribution in [0.15, 0.2) is 16.6 Å². The first-order valence-electron chi connectivity index (χ1n) is 5.52. The zero-order valence-corrected chi connectivity index (χ0v) is 12.9. The zero-order valence-electron chi connectivity index (χ0n) is 9.77. The minimum Gasteiger partial charge on any atom is -0.352 e. The molecule has 1 unspecified atom stereocenters. The molecule has 1 N–H and O–H groups in total. The minimum atomic E-state index is -0.870. The van der Waals surface area contributed by atoms with Crippen molar-refractivity contribution in [3.63, 3.8) is 0 Å². The van der Waals surface area contributed by atoms with Crippen molar-refractivity contribution < 1.29 is 13.6 Å². The van der Waals surface area contributed by atoms with E-state index in [1.807, 2.05) is 6.92 Å². The number of alkyl halides is 1. The lowest BCUT2D eigenvalue weighted by molar-refractivity contribution is 0.0944. The molecule has 0 heterocycles. The van der Waals surface area contributed by atoms with Crippen LogP contribution in [0.1, 0.15) is 30.1 Å². The smallest absolute Gasteiger partial charge is 0.257 e. The van der Waals surface area contributed by atoms with Crippen LogP contribution in [0.3, 0.4) is 0 Å². The summed E-state index contributed by atoms with van der Waals surface area (Å²) in [6.45, 7) is 2.38. The van der Waals surface area contributed by atoms with Gasteiger partial charge in [0.15, 0.2) is 0 Å². The third-order valence-electron chi connectivity index (χ3n) is 2.42. The molecule has 1 aromatic rings. The fourth-order valence-corrected chi connectivity index (χ4v) is 2.02. The van der Waals surface area contributed by atoms with Gasteiger partial charge in [0.2, 0.25) is 0 Å². The zero-order chi connectivity index (χ0) is 13.7. The lowest BCUT2D eigenvalue weighted by Crippen LogP contribution is -2.27. The molecule has 6 heteroatoms. The van der Waals surface area contributed by atoms with Crippen LogP contribution in [0.2, 0.25) is 0 Å². The molecule has 100 valence electrons. The molecule has 1 aromatic carbocycles. The van der Waals surface area contributed by atoms with Gasteiger partial charge in [0.1, 0.15) is 17.2 Å². The summed E-state index contributed by atoms with van der Waals surface area (Å²) in [5.41, 5.74) is -0.541. The van der Waals surface area contributed by atoms with Gasteiger partial charge in [0.05, 0.1) is 0 Å². The molecule has 0 spiro atoms. The Balaban J connectivity index is 2.67. The van der Waals surface area contributed by atoms with E-state index in [4.69, 9.17) is 0 Å². The van der Waals surface area contributed by atoms with Gasteiger partial charge >= 0.3 is 0 Å². The molecule has 0 aromatic heterocycles. The fraction of sp³-hybridized carbons (Fsp3) is 0.417. The Morgan fingerprint density at radius 3 is 2.44 bits per heavy atom. The van der Waals surface area contributed by atoms with Gasteiger partial charge < -0.3 is 5.32 Å². The third kappa shape index (κ3) is 4.31. The van der Waals surface area contributed by atoms with Crippen molar-refractivity contribution in [3.05, 3.63) is 33.8 Å². The molecule has 0 radical (unpaired) electrons. The number of carbonyl (C=O) groups excluding carboxylic acids is 1. The molecule has 0 aliphatic rings. The maximum Gasteiger partial charge on any atom is 0.257 e. The van der Waals surface area contributed by atoms with Crippen molar-refractivity contribution in [1.82, 2.24) is 5.32 Å². The van der Waals surface area contributed by atoms with Crippen molar-refractivity contribution in [3.8, 4) is 0 Å². The summed E-state index contributed by atoms with van der Waals surface area (Å²) in [6.07, 6.45) is 1.64. The highest BCUT2D eigenvalue weighted by Crippen LogP contribution is 2.19. The summed E-state index contributed by atoms with van der Waals surface area (Å²) in [6, 6.07) is 2.13. The molecule has 0 saturated heterocycles. The number of carbonyl (C=O) groups is 1. The van der Waals surface area contributed by atoms with Gasteiger partial charge in [-0.1, -0.05) is 38.8 Å². The predicted octanol–water partition coefficient (Wildman–Crippen LogP) is 4.02. The number of amides is 1. The summed E-state index contributed by atoms with van der Waals surface area (Å²) in [5, 5.41) is 2.50. The largest absolute Gasteiger partial charge is 0.352 e. The topological polar surface area (TPSA) is 29.1 Å². The Hall–Kier alpha value is -0.490. The minimum absolute atomic E-state index is 0.264. The van der Waals surface area contributed by atoms with Crippen LogP contribution in [0, 0.1) is 11.6 Å². The van der Waals surface area contributed by atoms with Crippen LogP contribution >= 0.6 is 31.9 Å². The van der Waals surface area contributed by atoms with Crippen LogP contribution < -0.4 is 5.32 Å². The molecule has 2 nitrogen and oxygen atoms in total. The van der Waals surface area contributed by atoms with Crippen LogP contribution in [0.4, 0.5) is 8.78 Å². The first kappa shape index (κ1) is 15.6. The van der Waals surface area contributed by atoms with Crippen molar-refractivity contribution >= 4 is 37.8 Å². The van der Waals surface area contributed by atoms with Crippen LogP contribution in [-0.4, -0.2) is 17.3 Å². The fourth-order valence-electron chi connectivity index (χ4n) is 1.39. The van der Waals surface area contributed by atoms with E-state index in [1.54, 1.807) is 0 Å². The van der Waals surface area contributed by atoms with Crippen molar-refractivity contribution in [2.75, 3.05) is 6.54 Å². The number of halogens is 4. The molecule has 0 aliphatic carbocycles. The highest BCUT2D eigenvalue weighted by Gasteiger charge is 2.18. The third-order valence-corrected chi connectivity index (χ3v) is 3.98. The van der Waals surface area contributed by atoms with E-state index in [0.717, 1.165) is 18.6 Å². The average Bonchev–Trinajstić information content (AvgIpc) is 2.27. The maximum atomic E-state index is 13.5. The lowest BCUT2D eigenvalue weighted by Gasteiger charge is -2.09. The van der Waals surface area contributed by atoms with Crippen LogP contribution in [0.25, 0.3) is 0 Å². The maximum absolute atomic E-state index is 13.5. The van der Waals surface area contributed by atoms with Gasteiger partial charge in [0.25, 0.3) is 5.91 Å². The van der Waals surface area contributed by atoms with Crippen LogP contribution in [-0.2, 0) is 0 Å². The molecule has 0 aliphatic heterocycles. The average molecular weight is 385 g/mol. The second-order valence-corrected chi connectivity index (χ2v) is 6.01. The first-order valence-corrected chi connectivity index (χ1v) is 7.23. The van der Waals surface area contributed by atoms with Crippen molar-refractivity contribution in [2.24, 2.45) is 0 Å². The molecule has 1 atom stereocenters. The number of benzene rings is 1. The van der Waals surface area contributed by atoms with E-state index in [0.29, 0.717) is 13.0 Å². The van der Waals surface area contributed by atoms with Crippen molar-refractivity contribution in [2.45, 2.75) is 24.6 Å². The molecule has 0 bridgehead atoms. The number of rotatable bonds is 5. The van der Waals surface area contributed by atoms with Gasteiger partial charge in [-0.3, -0.25) is 4.79 Å². The Kier molecular flexibility index (Phi) is 6.21. The summed E-state index contributed by atoms with van der Waals surface area (Å²) in [7, 11) is 0. The molecule has 0 saturated carbocycles. The van der Waals surface area contributed by atoms with E-state index < -0.39 is 23.1 Å². The molecule has 18 heavy (non-hydrogen) atoms. The van der Waals surface area contributed by atoms with Gasteiger partial charge in [-0.15, -0.1) is 0 Å². The number of hydrogen-bond acceptors (Lipinski definition) is 1. The Morgan fingerprint density at radius 1 is 1.39 bits per heavy atom. The summed E-state index contributed by atoms with van der Waals surface area (Å²) >= 11 is 6.38. The molecule has 1 rings (SSSR count). The normalized spacial score (nSPS) is 12.3. The number of hydrogen-bond donors (Lipinski definition) is 1. The summed E-state index contributed by atoms with van der Waals surface area (Å²) in [5.74, 6) is -2.47. The lowest BCUT2D eigenvalue weighted by atomic mass is 10.2. The Bertz CT molecular complexity index is 417. The first-order chi connectivity index (χ1) is 8.45. The highest BCUT2D eigenvalue weighted by atomic mass is 79.9. The molecular weight excluding hydrogens is 372 g/mol. The molecule has 0 fully saturated rings. The predicted molar refractivity (Wildman–Crippen MR) is 74.0 cm³/mol. The van der Waals surface area contributed by atoms with E-state index in [1.165, 1.54) is 0 Å². The summed E-state index contributed by atoms with van der Waals surface area (Å²) in [4.78, 5) is 11.9.